The van der Waals surface area contributed by atoms with Gasteiger partial charge in [0, 0.05) is 23.2 Å². The largest absolute Gasteiger partial charge is 0.409 e. The third-order valence-electron chi connectivity index (χ3n) is 2.71. The van der Waals surface area contributed by atoms with Gasteiger partial charge in [-0.15, -0.1) is 11.3 Å². The molecule has 0 saturated carbocycles. The van der Waals surface area contributed by atoms with Crippen LogP contribution >= 0.6 is 27.3 Å². The van der Waals surface area contributed by atoms with Gasteiger partial charge in [0.15, 0.2) is 5.84 Å². The highest BCUT2D eigenvalue weighted by atomic mass is 79.9. The van der Waals surface area contributed by atoms with E-state index in [0.29, 0.717) is 5.56 Å². The molecule has 0 aliphatic heterocycles. The van der Waals surface area contributed by atoms with Crippen molar-refractivity contribution in [3.8, 4) is 0 Å². The lowest BCUT2D eigenvalue weighted by atomic mass is 10.1. The van der Waals surface area contributed by atoms with Gasteiger partial charge in [0.2, 0.25) is 0 Å². The van der Waals surface area contributed by atoms with Crippen molar-refractivity contribution in [2.24, 2.45) is 10.9 Å². The Balaban J connectivity index is 2.17. The topological polar surface area (TPSA) is 61.8 Å². The van der Waals surface area contributed by atoms with Gasteiger partial charge in [-0.05, 0) is 40.2 Å². The highest BCUT2D eigenvalue weighted by molar-refractivity contribution is 9.11. The molecule has 19 heavy (non-hydrogen) atoms. The second-order valence-electron chi connectivity index (χ2n) is 4.10. The molecule has 0 saturated heterocycles. The van der Waals surface area contributed by atoms with Crippen molar-refractivity contribution in [2.75, 3.05) is 11.9 Å². The number of nitrogens with two attached hydrogens (primary N) is 1. The number of hydrogen-bond acceptors (Lipinski definition) is 4. The Morgan fingerprint density at radius 3 is 2.84 bits per heavy atom. The smallest absolute Gasteiger partial charge is 0.170 e. The van der Waals surface area contributed by atoms with E-state index >= 15 is 0 Å². The molecule has 0 atom stereocenters. The van der Waals surface area contributed by atoms with Gasteiger partial charge in [-0.1, -0.05) is 17.3 Å². The lowest BCUT2D eigenvalue weighted by Crippen LogP contribution is -2.17. The van der Waals surface area contributed by atoms with Crippen molar-refractivity contribution in [1.82, 2.24) is 0 Å². The van der Waals surface area contributed by atoms with Gasteiger partial charge in [-0.2, -0.15) is 0 Å². The standard InChI is InChI=1S/C13H14BrN3OS/c1-17(8-11-5-6-12(14)19-11)10-4-2-3-9(7-10)13(15)16-18/h2-7,18H,8H2,1H3,(H2,15,16). The summed E-state index contributed by atoms with van der Waals surface area (Å²) >= 11 is 5.17. The molecular formula is C13H14BrN3OS. The van der Waals surface area contributed by atoms with Crippen LogP contribution < -0.4 is 10.6 Å². The summed E-state index contributed by atoms with van der Waals surface area (Å²) in [7, 11) is 2.01. The predicted molar refractivity (Wildman–Crippen MR) is 83.1 cm³/mol. The van der Waals surface area contributed by atoms with Gasteiger partial charge in [-0.3, -0.25) is 0 Å². The Bertz CT molecular complexity index is 597. The summed E-state index contributed by atoms with van der Waals surface area (Å²) in [6.07, 6.45) is 0. The number of hydrogen-bond donors (Lipinski definition) is 2. The number of halogens is 1. The molecule has 0 radical (unpaired) electrons. The maximum absolute atomic E-state index is 8.70. The van der Waals surface area contributed by atoms with E-state index in [1.165, 1.54) is 4.88 Å². The third kappa shape index (κ3) is 3.48. The molecule has 1 aromatic carbocycles. The molecule has 2 aromatic rings. The van der Waals surface area contributed by atoms with Crippen LogP contribution in [0.1, 0.15) is 10.4 Å². The van der Waals surface area contributed by atoms with Crippen LogP contribution in [-0.4, -0.2) is 18.1 Å². The molecule has 0 aliphatic rings. The summed E-state index contributed by atoms with van der Waals surface area (Å²) < 4.78 is 1.13. The van der Waals surface area contributed by atoms with E-state index in [9.17, 15) is 0 Å². The number of oxime groups is 1. The van der Waals surface area contributed by atoms with Gasteiger partial charge in [0.1, 0.15) is 0 Å². The summed E-state index contributed by atoms with van der Waals surface area (Å²) in [6, 6.07) is 11.7. The summed E-state index contributed by atoms with van der Waals surface area (Å²) in [5, 5.41) is 11.7. The molecule has 0 unspecified atom stereocenters. The van der Waals surface area contributed by atoms with Crippen molar-refractivity contribution in [3.63, 3.8) is 0 Å². The summed E-state index contributed by atoms with van der Waals surface area (Å²) in [5.74, 6) is 0.120. The highest BCUT2D eigenvalue weighted by Crippen LogP contribution is 2.25. The molecule has 1 heterocycles. The number of amidine groups is 1. The quantitative estimate of drug-likeness (QED) is 0.389. The summed E-state index contributed by atoms with van der Waals surface area (Å²) in [6.45, 7) is 0.815. The van der Waals surface area contributed by atoms with E-state index < -0.39 is 0 Å². The average molecular weight is 340 g/mol. The van der Waals surface area contributed by atoms with Gasteiger partial charge >= 0.3 is 0 Å². The minimum absolute atomic E-state index is 0.120. The molecule has 0 aliphatic carbocycles. The fourth-order valence-electron chi connectivity index (χ4n) is 1.72. The van der Waals surface area contributed by atoms with Crippen molar-refractivity contribution in [3.05, 3.63) is 50.6 Å². The maximum atomic E-state index is 8.70. The zero-order valence-electron chi connectivity index (χ0n) is 10.4. The zero-order valence-corrected chi connectivity index (χ0v) is 12.8. The highest BCUT2D eigenvalue weighted by Gasteiger charge is 2.06. The van der Waals surface area contributed by atoms with E-state index in [1.807, 2.05) is 37.4 Å². The zero-order chi connectivity index (χ0) is 13.8. The molecule has 2 rings (SSSR count). The van der Waals surface area contributed by atoms with Crippen molar-refractivity contribution < 1.29 is 5.21 Å². The first-order valence-electron chi connectivity index (χ1n) is 5.63. The van der Waals surface area contributed by atoms with Crippen LogP contribution in [0.3, 0.4) is 0 Å². The van der Waals surface area contributed by atoms with Crippen LogP contribution in [0.15, 0.2) is 45.3 Å². The monoisotopic (exact) mass is 339 g/mol. The van der Waals surface area contributed by atoms with Gasteiger partial charge in [0.05, 0.1) is 10.3 Å². The van der Waals surface area contributed by atoms with Crippen LogP contribution in [0, 0.1) is 0 Å². The lowest BCUT2D eigenvalue weighted by molar-refractivity contribution is 0.318. The van der Waals surface area contributed by atoms with Crippen molar-refractivity contribution in [1.29, 1.82) is 0 Å². The Morgan fingerprint density at radius 1 is 1.42 bits per heavy atom. The number of anilines is 1. The number of nitrogens with zero attached hydrogens (tertiary/aromatic N) is 2. The van der Waals surface area contributed by atoms with E-state index in [-0.39, 0.29) is 5.84 Å². The second-order valence-corrected chi connectivity index (χ2v) is 6.65. The van der Waals surface area contributed by atoms with Crippen LogP contribution in [0.25, 0.3) is 0 Å². The van der Waals surface area contributed by atoms with Crippen LogP contribution in [-0.2, 0) is 6.54 Å². The average Bonchev–Trinajstić information content (AvgIpc) is 2.83. The normalized spacial score (nSPS) is 11.6. The predicted octanol–water partition coefficient (Wildman–Crippen LogP) is 3.24. The van der Waals surface area contributed by atoms with Gasteiger partial charge in [0.25, 0.3) is 0 Å². The van der Waals surface area contributed by atoms with Gasteiger partial charge < -0.3 is 15.8 Å². The van der Waals surface area contributed by atoms with E-state index in [1.54, 1.807) is 11.3 Å². The van der Waals surface area contributed by atoms with Crippen molar-refractivity contribution >= 4 is 38.8 Å². The Hall–Kier alpha value is -1.53. The molecule has 0 fully saturated rings. The first-order chi connectivity index (χ1) is 9.10. The van der Waals surface area contributed by atoms with Crippen LogP contribution in [0.2, 0.25) is 0 Å². The second kappa shape index (κ2) is 6.08. The van der Waals surface area contributed by atoms with Crippen LogP contribution in [0.5, 0.6) is 0 Å². The number of benzene rings is 1. The molecule has 0 bridgehead atoms. The van der Waals surface area contributed by atoms with E-state index in [2.05, 4.69) is 32.1 Å². The third-order valence-corrected chi connectivity index (χ3v) is 4.32. The van der Waals surface area contributed by atoms with Crippen molar-refractivity contribution in [2.45, 2.75) is 6.54 Å². The molecule has 0 amide bonds. The van der Waals surface area contributed by atoms with E-state index in [4.69, 9.17) is 10.9 Å². The SMILES string of the molecule is CN(Cc1ccc(Br)s1)c1cccc(C(N)=NO)c1. The molecule has 6 heteroatoms. The molecule has 0 spiro atoms. The minimum Gasteiger partial charge on any atom is -0.409 e. The molecular weight excluding hydrogens is 326 g/mol. The Kier molecular flexibility index (Phi) is 4.44. The molecule has 1 aromatic heterocycles. The van der Waals surface area contributed by atoms with E-state index in [0.717, 1.165) is 16.0 Å². The minimum atomic E-state index is 0.120. The molecule has 4 nitrogen and oxygen atoms in total. The Labute approximate surface area is 124 Å². The summed E-state index contributed by atoms with van der Waals surface area (Å²) in [5.41, 5.74) is 7.33. The number of rotatable bonds is 4. The maximum Gasteiger partial charge on any atom is 0.170 e. The Morgan fingerprint density at radius 2 is 2.21 bits per heavy atom. The fraction of sp³-hybridized carbons (Fsp3) is 0.154. The van der Waals surface area contributed by atoms with Gasteiger partial charge in [-0.25, -0.2) is 0 Å². The first kappa shape index (κ1) is 13.9. The molecule has 100 valence electrons. The van der Waals surface area contributed by atoms with Crippen LogP contribution in [0.4, 0.5) is 5.69 Å². The lowest BCUT2D eigenvalue weighted by Gasteiger charge is -2.19. The molecule has 3 N–H and O–H groups in total. The fourth-order valence-corrected chi connectivity index (χ4v) is 3.26. The summed E-state index contributed by atoms with van der Waals surface area (Å²) in [4.78, 5) is 3.38. The number of thiophene rings is 1. The first-order valence-corrected chi connectivity index (χ1v) is 7.24.